The number of aromatic nitrogens is 2. The zero-order valence-corrected chi connectivity index (χ0v) is 9.49. The molecule has 0 spiro atoms. The molecule has 4 heteroatoms. The molecule has 2 heterocycles. The van der Waals surface area contributed by atoms with Gasteiger partial charge in [-0.05, 0) is 6.92 Å². The van der Waals surface area contributed by atoms with Crippen molar-refractivity contribution in [2.75, 3.05) is 19.8 Å². The Labute approximate surface area is 90.6 Å². The van der Waals surface area contributed by atoms with Gasteiger partial charge in [0.2, 0.25) is 0 Å². The fraction of sp³-hybridized carbons (Fsp3) is 0.727. The molecule has 84 valence electrons. The number of aryl methyl sites for hydroxylation is 1. The molecule has 1 aromatic rings. The maximum Gasteiger partial charge on any atom is 0.0554 e. The quantitative estimate of drug-likeness (QED) is 0.787. The summed E-state index contributed by atoms with van der Waals surface area (Å²) < 4.78 is 7.16. The van der Waals surface area contributed by atoms with Crippen LogP contribution in [0, 0.1) is 5.41 Å². The summed E-state index contributed by atoms with van der Waals surface area (Å²) in [5.74, 6) is 0. The average Bonchev–Trinajstić information content (AvgIpc) is 2.63. The molecule has 0 bridgehead atoms. The van der Waals surface area contributed by atoms with E-state index >= 15 is 0 Å². The van der Waals surface area contributed by atoms with Gasteiger partial charge in [0.05, 0.1) is 19.4 Å². The highest BCUT2D eigenvalue weighted by molar-refractivity contribution is 5.03. The van der Waals surface area contributed by atoms with Crippen molar-refractivity contribution < 1.29 is 4.74 Å². The first-order valence-electron chi connectivity index (χ1n) is 5.52. The van der Waals surface area contributed by atoms with E-state index in [1.54, 1.807) is 0 Å². The average molecular weight is 209 g/mol. The van der Waals surface area contributed by atoms with Crippen LogP contribution < -0.4 is 5.32 Å². The van der Waals surface area contributed by atoms with Crippen LogP contribution in [-0.4, -0.2) is 29.5 Å². The summed E-state index contributed by atoms with van der Waals surface area (Å²) in [5.41, 5.74) is 1.60. The van der Waals surface area contributed by atoms with Crippen molar-refractivity contribution in [2.24, 2.45) is 5.41 Å². The largest absolute Gasteiger partial charge is 0.380 e. The molecule has 0 radical (unpaired) electrons. The van der Waals surface area contributed by atoms with Crippen LogP contribution in [0.5, 0.6) is 0 Å². The van der Waals surface area contributed by atoms with Gasteiger partial charge in [-0.25, -0.2) is 0 Å². The van der Waals surface area contributed by atoms with Gasteiger partial charge in [0, 0.05) is 36.8 Å². The van der Waals surface area contributed by atoms with Crippen molar-refractivity contribution in [1.29, 1.82) is 0 Å². The first-order valence-corrected chi connectivity index (χ1v) is 5.52. The maximum atomic E-state index is 5.21. The van der Waals surface area contributed by atoms with E-state index in [0.717, 1.165) is 32.8 Å². The van der Waals surface area contributed by atoms with Crippen molar-refractivity contribution in [2.45, 2.75) is 26.9 Å². The summed E-state index contributed by atoms with van der Waals surface area (Å²) in [6.45, 7) is 8.96. The third-order valence-corrected chi connectivity index (χ3v) is 2.79. The molecule has 15 heavy (non-hydrogen) atoms. The topological polar surface area (TPSA) is 39.1 Å². The number of nitrogens with one attached hydrogen (secondary N) is 1. The van der Waals surface area contributed by atoms with Crippen LogP contribution in [0.2, 0.25) is 0 Å². The van der Waals surface area contributed by atoms with E-state index in [9.17, 15) is 0 Å². The predicted molar refractivity (Wildman–Crippen MR) is 58.5 cm³/mol. The lowest BCUT2D eigenvalue weighted by molar-refractivity contribution is -0.0991. The Morgan fingerprint density at radius 1 is 1.60 bits per heavy atom. The SMILES string of the molecule is CCn1cc(CNCC2(C)COC2)cn1. The fourth-order valence-electron chi connectivity index (χ4n) is 1.73. The minimum Gasteiger partial charge on any atom is -0.380 e. The number of rotatable bonds is 5. The number of ether oxygens (including phenoxy) is 1. The van der Waals surface area contributed by atoms with Crippen LogP contribution in [0.25, 0.3) is 0 Å². The highest BCUT2D eigenvalue weighted by Gasteiger charge is 2.32. The molecule has 1 N–H and O–H groups in total. The molecule has 1 fully saturated rings. The van der Waals surface area contributed by atoms with Crippen molar-refractivity contribution in [3.63, 3.8) is 0 Å². The van der Waals surface area contributed by atoms with Gasteiger partial charge < -0.3 is 10.1 Å². The molecule has 0 saturated carbocycles. The minimum absolute atomic E-state index is 0.348. The number of nitrogens with zero attached hydrogens (tertiary/aromatic N) is 2. The fourth-order valence-corrected chi connectivity index (χ4v) is 1.73. The van der Waals surface area contributed by atoms with E-state index in [-0.39, 0.29) is 0 Å². The van der Waals surface area contributed by atoms with Crippen LogP contribution in [0.4, 0.5) is 0 Å². The Morgan fingerprint density at radius 2 is 2.40 bits per heavy atom. The lowest BCUT2D eigenvalue weighted by Crippen LogP contribution is -2.47. The predicted octanol–water partition coefficient (Wildman–Crippen LogP) is 1.03. The van der Waals surface area contributed by atoms with E-state index in [4.69, 9.17) is 4.74 Å². The third kappa shape index (κ3) is 2.58. The van der Waals surface area contributed by atoms with Crippen molar-refractivity contribution >= 4 is 0 Å². The van der Waals surface area contributed by atoms with Gasteiger partial charge in [-0.2, -0.15) is 5.10 Å². The zero-order chi connectivity index (χ0) is 10.7. The van der Waals surface area contributed by atoms with E-state index in [2.05, 4.69) is 30.5 Å². The molecule has 0 atom stereocenters. The van der Waals surface area contributed by atoms with Crippen molar-refractivity contribution in [3.8, 4) is 0 Å². The summed E-state index contributed by atoms with van der Waals surface area (Å²) in [5, 5.41) is 7.68. The van der Waals surface area contributed by atoms with Gasteiger partial charge in [0.15, 0.2) is 0 Å². The van der Waals surface area contributed by atoms with Crippen LogP contribution in [-0.2, 0) is 17.8 Å². The van der Waals surface area contributed by atoms with Gasteiger partial charge in [0.1, 0.15) is 0 Å². The summed E-state index contributed by atoms with van der Waals surface area (Å²) in [7, 11) is 0. The Morgan fingerprint density at radius 3 is 2.93 bits per heavy atom. The van der Waals surface area contributed by atoms with E-state index < -0.39 is 0 Å². The van der Waals surface area contributed by atoms with Gasteiger partial charge in [0.25, 0.3) is 0 Å². The molecule has 4 nitrogen and oxygen atoms in total. The summed E-state index contributed by atoms with van der Waals surface area (Å²) in [6.07, 6.45) is 4.02. The molecular formula is C11H19N3O. The van der Waals surface area contributed by atoms with E-state index in [1.165, 1.54) is 5.56 Å². The Kier molecular flexibility index (Phi) is 3.07. The standard InChI is InChI=1S/C11H19N3O/c1-3-14-6-10(5-13-14)4-12-7-11(2)8-15-9-11/h5-6,12H,3-4,7-9H2,1-2H3. The molecule has 0 aromatic carbocycles. The summed E-state index contributed by atoms with van der Waals surface area (Å²) >= 11 is 0. The molecule has 2 rings (SSSR count). The number of hydrogen-bond acceptors (Lipinski definition) is 3. The molecule has 1 aliphatic heterocycles. The van der Waals surface area contributed by atoms with Crippen molar-refractivity contribution in [1.82, 2.24) is 15.1 Å². The van der Waals surface area contributed by atoms with Crippen molar-refractivity contribution in [3.05, 3.63) is 18.0 Å². The first kappa shape index (κ1) is 10.6. The Hall–Kier alpha value is -0.870. The van der Waals surface area contributed by atoms with Crippen LogP contribution in [0.1, 0.15) is 19.4 Å². The Bertz CT molecular complexity index is 317. The molecular weight excluding hydrogens is 190 g/mol. The van der Waals surface area contributed by atoms with E-state index in [1.807, 2.05) is 10.9 Å². The second kappa shape index (κ2) is 4.33. The summed E-state index contributed by atoms with van der Waals surface area (Å²) in [4.78, 5) is 0. The summed E-state index contributed by atoms with van der Waals surface area (Å²) in [6, 6.07) is 0. The monoisotopic (exact) mass is 209 g/mol. The number of hydrogen-bond donors (Lipinski definition) is 1. The molecule has 0 aliphatic carbocycles. The zero-order valence-electron chi connectivity index (χ0n) is 9.49. The Balaban J connectivity index is 1.73. The highest BCUT2D eigenvalue weighted by atomic mass is 16.5. The van der Waals surface area contributed by atoms with Crippen LogP contribution in [0.15, 0.2) is 12.4 Å². The minimum atomic E-state index is 0.348. The first-order chi connectivity index (χ1) is 7.22. The normalized spacial score (nSPS) is 18.8. The second-order valence-corrected chi connectivity index (χ2v) is 4.61. The molecule has 0 amide bonds. The molecule has 1 aromatic heterocycles. The highest BCUT2D eigenvalue weighted by Crippen LogP contribution is 2.25. The molecule has 1 aliphatic rings. The smallest absolute Gasteiger partial charge is 0.0554 e. The van der Waals surface area contributed by atoms with Gasteiger partial charge in [-0.3, -0.25) is 4.68 Å². The lowest BCUT2D eigenvalue weighted by Gasteiger charge is -2.38. The van der Waals surface area contributed by atoms with Crippen LogP contribution in [0.3, 0.4) is 0 Å². The second-order valence-electron chi connectivity index (χ2n) is 4.61. The van der Waals surface area contributed by atoms with Crippen LogP contribution >= 0.6 is 0 Å². The maximum absolute atomic E-state index is 5.21. The van der Waals surface area contributed by atoms with Gasteiger partial charge >= 0.3 is 0 Å². The lowest BCUT2D eigenvalue weighted by atomic mass is 9.89. The van der Waals surface area contributed by atoms with Gasteiger partial charge in [-0.1, -0.05) is 6.92 Å². The van der Waals surface area contributed by atoms with Gasteiger partial charge in [-0.15, -0.1) is 0 Å². The van der Waals surface area contributed by atoms with E-state index in [0.29, 0.717) is 5.41 Å². The molecule has 0 unspecified atom stereocenters. The third-order valence-electron chi connectivity index (χ3n) is 2.79. The molecule has 1 saturated heterocycles.